The van der Waals surface area contributed by atoms with Crippen molar-refractivity contribution < 1.29 is 8.83 Å². The van der Waals surface area contributed by atoms with E-state index in [2.05, 4.69) is 9.97 Å². The summed E-state index contributed by atoms with van der Waals surface area (Å²) < 4.78 is 11.8. The van der Waals surface area contributed by atoms with Crippen LogP contribution in [-0.2, 0) is 0 Å². The lowest BCUT2D eigenvalue weighted by atomic mass is 10.2. The minimum atomic E-state index is 0.548. The minimum absolute atomic E-state index is 0.548. The number of fused-ring (bicyclic) bond motifs is 2. The van der Waals surface area contributed by atoms with Crippen molar-refractivity contribution >= 4 is 57.2 Å². The van der Waals surface area contributed by atoms with Crippen molar-refractivity contribution in [3.8, 4) is 22.9 Å². The largest absolute Gasteiger partial charge is 0.436 e. The van der Waals surface area contributed by atoms with Gasteiger partial charge in [-0.3, -0.25) is 0 Å². The Bertz CT molecular complexity index is 1520. The van der Waals surface area contributed by atoms with E-state index in [0.29, 0.717) is 21.8 Å². The first-order chi connectivity index (χ1) is 16.1. The van der Waals surface area contributed by atoms with Crippen molar-refractivity contribution in [2.45, 2.75) is 9.79 Å². The molecule has 0 unspecified atom stereocenters. The summed E-state index contributed by atoms with van der Waals surface area (Å²) in [6.45, 7) is 0. The molecule has 0 amide bonds. The molecule has 0 radical (unpaired) electrons. The predicted molar refractivity (Wildman–Crippen MR) is 133 cm³/mol. The molecule has 0 spiro atoms. The molecule has 0 saturated carbocycles. The molecule has 0 aliphatic heterocycles. The number of oxazole rings is 2. The lowest BCUT2D eigenvalue weighted by Gasteiger charge is -2.00. The highest BCUT2D eigenvalue weighted by molar-refractivity contribution is 7.99. The van der Waals surface area contributed by atoms with Crippen LogP contribution in [-0.4, -0.2) is 9.97 Å². The van der Waals surface area contributed by atoms with Crippen LogP contribution in [0.4, 0.5) is 0 Å². The number of nitrogens with zero attached hydrogens (tertiary/aromatic N) is 2. The lowest BCUT2D eigenvalue weighted by molar-refractivity contribution is 0.619. The fraction of sp³-hybridized carbons (Fsp3) is 0. The maximum Gasteiger partial charge on any atom is 0.227 e. The number of benzene rings is 4. The fourth-order valence-corrected chi connectivity index (χ4v) is 4.83. The molecule has 2 aromatic heterocycles. The average molecular weight is 489 g/mol. The van der Waals surface area contributed by atoms with Crippen molar-refractivity contribution in [1.82, 2.24) is 9.97 Å². The first kappa shape index (κ1) is 20.4. The third-order valence-corrected chi connectivity index (χ3v) is 6.55. The number of hydrogen-bond donors (Lipinski definition) is 0. The van der Waals surface area contributed by atoms with Crippen molar-refractivity contribution in [3.63, 3.8) is 0 Å². The molecule has 0 atom stereocenters. The molecular formula is C26H14Cl2N2O2S. The van der Waals surface area contributed by atoms with E-state index in [1.54, 1.807) is 11.8 Å². The summed E-state index contributed by atoms with van der Waals surface area (Å²) in [6, 6.07) is 26.9. The zero-order valence-corrected chi connectivity index (χ0v) is 19.3. The third-order valence-electron chi connectivity index (χ3n) is 5.10. The van der Waals surface area contributed by atoms with Crippen molar-refractivity contribution in [3.05, 3.63) is 95.0 Å². The van der Waals surface area contributed by atoms with Gasteiger partial charge >= 0.3 is 0 Å². The van der Waals surface area contributed by atoms with Crippen LogP contribution in [0.25, 0.3) is 45.1 Å². The molecule has 0 aliphatic rings. The van der Waals surface area contributed by atoms with Gasteiger partial charge in [0.2, 0.25) is 11.8 Å². The number of aromatic nitrogens is 2. The first-order valence-corrected chi connectivity index (χ1v) is 11.7. The molecule has 0 fully saturated rings. The van der Waals surface area contributed by atoms with E-state index >= 15 is 0 Å². The fourth-order valence-electron chi connectivity index (χ4n) is 3.57. The summed E-state index contributed by atoms with van der Waals surface area (Å²) in [5.41, 5.74) is 4.74. The van der Waals surface area contributed by atoms with E-state index in [1.807, 2.05) is 84.9 Å². The Labute approximate surface area is 203 Å². The quantitative estimate of drug-likeness (QED) is 0.248. The lowest BCUT2D eigenvalue weighted by Crippen LogP contribution is -1.78. The summed E-state index contributed by atoms with van der Waals surface area (Å²) in [4.78, 5) is 11.4. The molecule has 2 heterocycles. The van der Waals surface area contributed by atoms with Crippen LogP contribution < -0.4 is 0 Å². The van der Waals surface area contributed by atoms with Gasteiger partial charge < -0.3 is 8.83 Å². The van der Waals surface area contributed by atoms with Gasteiger partial charge in [-0.1, -0.05) is 47.1 Å². The molecule has 6 rings (SSSR count). The summed E-state index contributed by atoms with van der Waals surface area (Å²) in [7, 11) is 0. The van der Waals surface area contributed by atoms with Gasteiger partial charge in [0.05, 0.1) is 0 Å². The summed E-state index contributed by atoms with van der Waals surface area (Å²) in [5.74, 6) is 1.10. The molecule has 4 nitrogen and oxygen atoms in total. The zero-order valence-electron chi connectivity index (χ0n) is 17.0. The molecule has 33 heavy (non-hydrogen) atoms. The zero-order chi connectivity index (χ0) is 22.4. The summed E-state index contributed by atoms with van der Waals surface area (Å²) in [5, 5.41) is 1.29. The molecule has 160 valence electrons. The van der Waals surface area contributed by atoms with Crippen LogP contribution in [0.5, 0.6) is 0 Å². The van der Waals surface area contributed by atoms with Crippen molar-refractivity contribution in [2.75, 3.05) is 0 Å². The van der Waals surface area contributed by atoms with Crippen molar-refractivity contribution in [1.29, 1.82) is 0 Å². The highest BCUT2D eigenvalue weighted by atomic mass is 35.5. The van der Waals surface area contributed by atoms with E-state index in [0.717, 1.165) is 43.1 Å². The van der Waals surface area contributed by atoms with E-state index in [4.69, 9.17) is 32.0 Å². The van der Waals surface area contributed by atoms with Gasteiger partial charge in [-0.2, -0.15) is 0 Å². The van der Waals surface area contributed by atoms with Gasteiger partial charge in [0.15, 0.2) is 11.2 Å². The van der Waals surface area contributed by atoms with E-state index in [9.17, 15) is 0 Å². The second-order valence-electron chi connectivity index (χ2n) is 7.42. The Morgan fingerprint density at radius 2 is 1.06 bits per heavy atom. The van der Waals surface area contributed by atoms with Crippen LogP contribution in [0.3, 0.4) is 0 Å². The van der Waals surface area contributed by atoms with Gasteiger partial charge in [-0.25, -0.2) is 9.97 Å². The van der Waals surface area contributed by atoms with E-state index < -0.39 is 0 Å². The van der Waals surface area contributed by atoms with Gasteiger partial charge in [-0.05, 0) is 72.8 Å². The second-order valence-corrected chi connectivity index (χ2v) is 9.44. The van der Waals surface area contributed by atoms with Gasteiger partial charge in [-0.15, -0.1) is 0 Å². The molecule has 0 bridgehead atoms. The molecule has 0 aliphatic carbocycles. The average Bonchev–Trinajstić information content (AvgIpc) is 3.43. The highest BCUT2D eigenvalue weighted by Crippen LogP contribution is 2.34. The predicted octanol–water partition coefficient (Wildman–Crippen LogP) is 8.76. The summed E-state index contributed by atoms with van der Waals surface area (Å²) >= 11 is 13.8. The molecular weight excluding hydrogens is 475 g/mol. The van der Waals surface area contributed by atoms with Gasteiger partial charge in [0.1, 0.15) is 11.0 Å². The SMILES string of the molecule is Clc1cccc(-c2nc3cc(Sc4ccc5oc(-c6cccc(Cl)c6)nc5c4)ccc3o2)c1. The standard InChI is InChI=1S/C26H14Cl2N2O2S/c27-17-5-1-3-15(11-17)25-29-21-13-19(7-9-23(21)31-25)33-20-8-10-24-22(14-20)30-26(32-24)16-4-2-6-18(28)12-16/h1-14H. The monoisotopic (exact) mass is 488 g/mol. The Kier molecular flexibility index (Phi) is 5.10. The highest BCUT2D eigenvalue weighted by Gasteiger charge is 2.12. The van der Waals surface area contributed by atoms with Crippen LogP contribution >= 0.6 is 35.0 Å². The molecule has 0 N–H and O–H groups in total. The Hall–Kier alpha value is -3.25. The molecule has 6 aromatic rings. The van der Waals surface area contributed by atoms with Gasteiger partial charge in [0, 0.05) is 31.0 Å². The van der Waals surface area contributed by atoms with E-state index in [-0.39, 0.29) is 0 Å². The Balaban J connectivity index is 1.29. The van der Waals surface area contributed by atoms with Crippen LogP contribution in [0.1, 0.15) is 0 Å². The Morgan fingerprint density at radius 1 is 0.576 bits per heavy atom. The minimum Gasteiger partial charge on any atom is -0.436 e. The number of rotatable bonds is 4. The molecule has 7 heteroatoms. The number of halogens is 2. The normalized spacial score (nSPS) is 11.5. The maximum atomic E-state index is 6.10. The topological polar surface area (TPSA) is 52.1 Å². The second kappa shape index (κ2) is 8.27. The van der Waals surface area contributed by atoms with Crippen LogP contribution in [0, 0.1) is 0 Å². The number of hydrogen-bond acceptors (Lipinski definition) is 5. The van der Waals surface area contributed by atoms with Gasteiger partial charge in [0.25, 0.3) is 0 Å². The summed E-state index contributed by atoms with van der Waals surface area (Å²) in [6.07, 6.45) is 0. The van der Waals surface area contributed by atoms with Crippen molar-refractivity contribution in [2.24, 2.45) is 0 Å². The first-order valence-electron chi connectivity index (χ1n) is 10.1. The van der Waals surface area contributed by atoms with E-state index in [1.165, 1.54) is 0 Å². The third kappa shape index (κ3) is 4.11. The molecule has 0 saturated heterocycles. The molecule has 4 aromatic carbocycles. The maximum absolute atomic E-state index is 6.10. The van der Waals surface area contributed by atoms with Crippen LogP contribution in [0.15, 0.2) is 104 Å². The van der Waals surface area contributed by atoms with Crippen LogP contribution in [0.2, 0.25) is 10.0 Å². The smallest absolute Gasteiger partial charge is 0.227 e. The Morgan fingerprint density at radius 3 is 1.52 bits per heavy atom.